The third kappa shape index (κ3) is 1.25. The average molecular weight is 206 g/mol. The summed E-state index contributed by atoms with van der Waals surface area (Å²) in [5.41, 5.74) is 0.767. The predicted molar refractivity (Wildman–Crippen MR) is 59.5 cm³/mol. The minimum absolute atomic E-state index is 0.513. The van der Waals surface area contributed by atoms with Crippen molar-refractivity contribution in [3.8, 4) is 0 Å². The van der Waals surface area contributed by atoms with Crippen molar-refractivity contribution in [1.29, 1.82) is 0 Å². The quantitative estimate of drug-likeness (QED) is 0.775. The maximum absolute atomic E-state index is 10.6. The SMILES string of the molecule is C[C@H](O)C(C)(C)[C@]1(O)Cc2ccccc21. The van der Waals surface area contributed by atoms with Crippen LogP contribution < -0.4 is 0 Å². The largest absolute Gasteiger partial charge is 0.393 e. The van der Waals surface area contributed by atoms with Gasteiger partial charge in [0.05, 0.1) is 6.10 Å². The van der Waals surface area contributed by atoms with Crippen molar-refractivity contribution < 1.29 is 10.2 Å². The highest BCUT2D eigenvalue weighted by Gasteiger charge is 2.53. The summed E-state index contributed by atoms with van der Waals surface area (Å²) >= 11 is 0. The lowest BCUT2D eigenvalue weighted by Crippen LogP contribution is -2.55. The molecule has 0 bridgehead atoms. The van der Waals surface area contributed by atoms with E-state index in [4.69, 9.17) is 0 Å². The van der Waals surface area contributed by atoms with Crippen molar-refractivity contribution in [2.75, 3.05) is 0 Å². The lowest BCUT2D eigenvalue weighted by Gasteiger charge is -2.51. The van der Waals surface area contributed by atoms with E-state index in [9.17, 15) is 10.2 Å². The molecule has 2 N–H and O–H groups in total. The Balaban J connectivity index is 2.42. The zero-order valence-electron chi connectivity index (χ0n) is 9.49. The first-order valence-corrected chi connectivity index (χ1v) is 5.38. The maximum atomic E-state index is 10.6. The molecular formula is C13H18O2. The molecule has 0 aliphatic heterocycles. The molecule has 2 atom stereocenters. The third-order valence-electron chi connectivity index (χ3n) is 4.02. The summed E-state index contributed by atoms with van der Waals surface area (Å²) in [5, 5.41) is 20.3. The third-order valence-corrected chi connectivity index (χ3v) is 4.02. The molecule has 0 radical (unpaired) electrons. The van der Waals surface area contributed by atoms with Crippen molar-refractivity contribution in [3.63, 3.8) is 0 Å². The highest BCUT2D eigenvalue weighted by atomic mass is 16.3. The molecule has 15 heavy (non-hydrogen) atoms. The van der Waals surface area contributed by atoms with Gasteiger partial charge in [-0.05, 0) is 18.1 Å². The van der Waals surface area contributed by atoms with Crippen molar-refractivity contribution in [1.82, 2.24) is 0 Å². The van der Waals surface area contributed by atoms with Gasteiger partial charge in [-0.3, -0.25) is 0 Å². The van der Waals surface area contributed by atoms with Gasteiger partial charge in [0.15, 0.2) is 0 Å². The van der Waals surface area contributed by atoms with Crippen LogP contribution in [0.25, 0.3) is 0 Å². The molecule has 0 aromatic heterocycles. The van der Waals surface area contributed by atoms with Gasteiger partial charge in [-0.2, -0.15) is 0 Å². The van der Waals surface area contributed by atoms with Gasteiger partial charge in [0.1, 0.15) is 5.60 Å². The fourth-order valence-electron chi connectivity index (χ4n) is 2.26. The topological polar surface area (TPSA) is 40.5 Å². The smallest absolute Gasteiger partial charge is 0.101 e. The highest BCUT2D eigenvalue weighted by Crippen LogP contribution is 2.51. The molecule has 2 rings (SSSR count). The molecule has 2 nitrogen and oxygen atoms in total. The number of hydrogen-bond donors (Lipinski definition) is 2. The minimum atomic E-state index is -0.877. The molecule has 0 fully saturated rings. The molecule has 1 aliphatic carbocycles. The summed E-state index contributed by atoms with van der Waals surface area (Å²) in [5.74, 6) is 0. The Hall–Kier alpha value is -0.860. The molecule has 0 saturated heterocycles. The molecule has 1 aromatic carbocycles. The van der Waals surface area contributed by atoms with E-state index in [1.165, 1.54) is 5.56 Å². The predicted octanol–water partition coefficient (Wildman–Crippen LogP) is 1.84. The van der Waals surface area contributed by atoms with Gasteiger partial charge in [-0.25, -0.2) is 0 Å². The molecule has 0 spiro atoms. The van der Waals surface area contributed by atoms with Crippen LogP contribution in [0.2, 0.25) is 0 Å². The van der Waals surface area contributed by atoms with Gasteiger partial charge in [-0.1, -0.05) is 38.1 Å². The molecule has 1 aromatic rings. The molecule has 0 saturated carbocycles. The van der Waals surface area contributed by atoms with Crippen molar-refractivity contribution >= 4 is 0 Å². The molecular weight excluding hydrogens is 188 g/mol. The minimum Gasteiger partial charge on any atom is -0.393 e. The normalized spacial score (nSPS) is 26.7. The molecule has 2 heteroatoms. The van der Waals surface area contributed by atoms with Crippen LogP contribution in [0.3, 0.4) is 0 Å². The van der Waals surface area contributed by atoms with Crippen LogP contribution in [0.1, 0.15) is 31.9 Å². The molecule has 0 unspecified atom stereocenters. The van der Waals surface area contributed by atoms with Crippen LogP contribution in [0.4, 0.5) is 0 Å². The molecule has 0 heterocycles. The van der Waals surface area contributed by atoms with Crippen molar-refractivity contribution in [3.05, 3.63) is 35.4 Å². The molecule has 82 valence electrons. The van der Waals surface area contributed by atoms with Crippen LogP contribution in [-0.2, 0) is 12.0 Å². The van der Waals surface area contributed by atoms with E-state index in [0.29, 0.717) is 6.42 Å². The lowest BCUT2D eigenvalue weighted by molar-refractivity contribution is -0.141. The van der Waals surface area contributed by atoms with Gasteiger partial charge in [0, 0.05) is 11.8 Å². The van der Waals surface area contributed by atoms with E-state index in [1.807, 2.05) is 38.1 Å². The number of fused-ring (bicyclic) bond motifs is 1. The second-order valence-electron chi connectivity index (χ2n) is 5.09. The van der Waals surface area contributed by atoms with Gasteiger partial charge < -0.3 is 10.2 Å². The summed E-state index contributed by atoms with van der Waals surface area (Å²) in [6.07, 6.45) is 0.108. The maximum Gasteiger partial charge on any atom is 0.101 e. The Morgan fingerprint density at radius 1 is 1.33 bits per heavy atom. The van der Waals surface area contributed by atoms with Gasteiger partial charge in [0.25, 0.3) is 0 Å². The number of aliphatic hydroxyl groups excluding tert-OH is 1. The summed E-state index contributed by atoms with van der Waals surface area (Å²) in [4.78, 5) is 0. The Kier molecular flexibility index (Phi) is 2.18. The van der Waals surface area contributed by atoms with Crippen molar-refractivity contribution in [2.24, 2.45) is 5.41 Å². The van der Waals surface area contributed by atoms with Gasteiger partial charge in [-0.15, -0.1) is 0 Å². The highest BCUT2D eigenvalue weighted by molar-refractivity contribution is 5.44. The zero-order valence-corrected chi connectivity index (χ0v) is 9.49. The standard InChI is InChI=1S/C13H18O2/c1-9(14)12(2,3)13(15)8-10-6-4-5-7-11(10)13/h4-7,9,14-15H,8H2,1-3H3/t9-,13-/m0/s1. The first-order chi connectivity index (χ1) is 6.89. The average Bonchev–Trinajstić information content (AvgIpc) is 2.15. The van der Waals surface area contributed by atoms with Crippen molar-refractivity contribution in [2.45, 2.75) is 38.9 Å². The van der Waals surface area contributed by atoms with E-state index in [0.717, 1.165) is 5.56 Å². The van der Waals surface area contributed by atoms with E-state index in [-0.39, 0.29) is 0 Å². The Morgan fingerprint density at radius 3 is 2.47 bits per heavy atom. The molecule has 0 amide bonds. The second kappa shape index (κ2) is 3.06. The summed E-state index contributed by atoms with van der Waals surface area (Å²) in [7, 11) is 0. The monoisotopic (exact) mass is 206 g/mol. The van der Waals surface area contributed by atoms with Crippen LogP contribution in [0, 0.1) is 5.41 Å². The fourth-order valence-corrected chi connectivity index (χ4v) is 2.26. The first-order valence-electron chi connectivity index (χ1n) is 5.38. The van der Waals surface area contributed by atoms with Crippen LogP contribution >= 0.6 is 0 Å². The summed E-state index contributed by atoms with van der Waals surface area (Å²) in [6.45, 7) is 5.56. The Labute approximate surface area is 90.6 Å². The number of aliphatic hydroxyl groups is 2. The molecule has 1 aliphatic rings. The first kappa shape index (κ1) is 10.7. The van der Waals surface area contributed by atoms with Gasteiger partial charge >= 0.3 is 0 Å². The second-order valence-corrected chi connectivity index (χ2v) is 5.09. The zero-order chi connectivity index (χ0) is 11.3. The number of rotatable bonds is 2. The van der Waals surface area contributed by atoms with Crippen LogP contribution in [0.5, 0.6) is 0 Å². The van der Waals surface area contributed by atoms with Crippen LogP contribution in [-0.4, -0.2) is 16.3 Å². The fraction of sp³-hybridized carbons (Fsp3) is 0.538. The Morgan fingerprint density at radius 2 is 1.93 bits per heavy atom. The summed E-state index contributed by atoms with van der Waals surface area (Å²) in [6, 6.07) is 7.89. The number of hydrogen-bond acceptors (Lipinski definition) is 2. The lowest BCUT2D eigenvalue weighted by atomic mass is 9.58. The Bertz CT molecular complexity index is 382. The summed E-state index contributed by atoms with van der Waals surface area (Å²) < 4.78 is 0. The van der Waals surface area contributed by atoms with Gasteiger partial charge in [0.2, 0.25) is 0 Å². The van der Waals surface area contributed by atoms with Crippen LogP contribution in [0.15, 0.2) is 24.3 Å². The van der Waals surface area contributed by atoms with E-state index < -0.39 is 17.1 Å². The van der Waals surface area contributed by atoms with E-state index in [2.05, 4.69) is 0 Å². The number of benzene rings is 1. The van der Waals surface area contributed by atoms with E-state index >= 15 is 0 Å². The van der Waals surface area contributed by atoms with E-state index in [1.54, 1.807) is 6.92 Å².